The Morgan fingerprint density at radius 2 is 2.00 bits per heavy atom. The van der Waals surface area contributed by atoms with E-state index in [4.69, 9.17) is 10.2 Å². The molecular formula is C10H10N4O6. The Balaban J connectivity index is 2.09. The molecule has 0 unspecified atom stereocenters. The molecular weight excluding hydrogens is 272 g/mol. The Bertz CT molecular complexity index is 639. The molecule has 106 valence electrons. The van der Waals surface area contributed by atoms with Crippen LogP contribution in [-0.2, 0) is 0 Å². The van der Waals surface area contributed by atoms with Crippen LogP contribution in [0, 0.1) is 0 Å². The van der Waals surface area contributed by atoms with Crippen molar-refractivity contribution in [2.45, 2.75) is 0 Å². The van der Waals surface area contributed by atoms with Crippen molar-refractivity contribution in [3.05, 3.63) is 28.2 Å². The first-order valence-electron chi connectivity index (χ1n) is 5.45. The third-order valence-electron chi connectivity index (χ3n) is 2.61. The van der Waals surface area contributed by atoms with Crippen molar-refractivity contribution in [2.24, 2.45) is 0 Å². The Labute approximate surface area is 111 Å². The summed E-state index contributed by atoms with van der Waals surface area (Å²) in [5.41, 5.74) is 1.24. The van der Waals surface area contributed by atoms with Gasteiger partial charge in [0.05, 0.1) is 13.1 Å². The van der Waals surface area contributed by atoms with E-state index in [1.165, 1.54) is 0 Å². The van der Waals surface area contributed by atoms with Gasteiger partial charge in [-0.05, 0) is 0 Å². The van der Waals surface area contributed by atoms with Gasteiger partial charge < -0.3 is 15.2 Å². The molecule has 1 aliphatic heterocycles. The number of hydrogen-bond donors (Lipinski definition) is 4. The van der Waals surface area contributed by atoms with Crippen LogP contribution in [0.3, 0.4) is 0 Å². The highest BCUT2D eigenvalue weighted by molar-refractivity contribution is 5.96. The zero-order chi connectivity index (χ0) is 14.9. The first-order valence-corrected chi connectivity index (χ1v) is 5.45. The summed E-state index contributed by atoms with van der Waals surface area (Å²) in [6.45, 7) is -0.0697. The fraction of sp³-hybridized carbons (Fsp3) is 0.200. The predicted molar refractivity (Wildman–Crippen MR) is 63.0 cm³/mol. The predicted octanol–water partition coefficient (Wildman–Crippen LogP) is -0.859. The van der Waals surface area contributed by atoms with E-state index in [0.717, 1.165) is 17.3 Å². The van der Waals surface area contributed by atoms with Crippen LogP contribution >= 0.6 is 0 Å². The molecule has 1 saturated heterocycles. The number of aromatic hydroxyl groups is 1. The number of carboxylic acid groups (broad SMARTS) is 1. The largest absolute Gasteiger partial charge is 0.503 e. The van der Waals surface area contributed by atoms with Crippen molar-refractivity contribution in [1.82, 2.24) is 20.3 Å². The van der Waals surface area contributed by atoms with Crippen molar-refractivity contribution in [2.75, 3.05) is 13.1 Å². The topological polar surface area (TPSA) is 143 Å². The Morgan fingerprint density at radius 1 is 1.30 bits per heavy atom. The maximum atomic E-state index is 11.8. The van der Waals surface area contributed by atoms with E-state index in [0.29, 0.717) is 4.90 Å². The molecule has 0 bridgehead atoms. The zero-order valence-corrected chi connectivity index (χ0v) is 9.99. The second kappa shape index (κ2) is 4.91. The van der Waals surface area contributed by atoms with E-state index < -0.39 is 29.2 Å². The normalized spacial score (nSPS) is 14.5. The van der Waals surface area contributed by atoms with Gasteiger partial charge in [0.25, 0.3) is 5.91 Å². The molecule has 0 atom stereocenters. The average Bonchev–Trinajstić information content (AvgIpc) is 2.74. The summed E-state index contributed by atoms with van der Waals surface area (Å²) in [6, 6.07) is -0.0211. The van der Waals surface area contributed by atoms with E-state index in [1.807, 2.05) is 0 Å². The lowest BCUT2D eigenvalue weighted by molar-refractivity contribution is 0.0838. The minimum absolute atomic E-state index is 0.000805. The van der Waals surface area contributed by atoms with Crippen molar-refractivity contribution >= 4 is 18.0 Å². The van der Waals surface area contributed by atoms with Crippen LogP contribution in [0.4, 0.5) is 9.59 Å². The van der Waals surface area contributed by atoms with Crippen LogP contribution < -0.4 is 10.9 Å². The number of nitrogens with one attached hydrogen (secondary N) is 2. The Hall–Kier alpha value is -3.04. The van der Waals surface area contributed by atoms with E-state index in [1.54, 1.807) is 0 Å². The zero-order valence-electron chi connectivity index (χ0n) is 9.99. The van der Waals surface area contributed by atoms with Crippen molar-refractivity contribution < 1.29 is 24.6 Å². The lowest BCUT2D eigenvalue weighted by Crippen LogP contribution is -2.46. The number of hydrazine groups is 1. The summed E-state index contributed by atoms with van der Waals surface area (Å²) >= 11 is 0. The third-order valence-corrected chi connectivity index (χ3v) is 2.61. The molecule has 4 amide bonds. The van der Waals surface area contributed by atoms with E-state index >= 15 is 0 Å². The van der Waals surface area contributed by atoms with E-state index in [2.05, 4.69) is 10.4 Å². The second-order valence-electron chi connectivity index (χ2n) is 3.91. The number of hydrogen-bond acceptors (Lipinski definition) is 5. The summed E-state index contributed by atoms with van der Waals surface area (Å²) in [5, 5.41) is 18.6. The molecule has 2 rings (SSSR count). The number of nitrogens with zero attached hydrogens (tertiary/aromatic N) is 2. The number of imide groups is 1. The molecule has 0 saturated carbocycles. The lowest BCUT2D eigenvalue weighted by Gasteiger charge is -2.16. The van der Waals surface area contributed by atoms with Gasteiger partial charge in [0.2, 0.25) is 5.43 Å². The third kappa shape index (κ3) is 2.39. The lowest BCUT2D eigenvalue weighted by atomic mass is 10.3. The smallest absolute Gasteiger partial charge is 0.415 e. The van der Waals surface area contributed by atoms with Gasteiger partial charge in [0, 0.05) is 12.3 Å². The highest BCUT2D eigenvalue weighted by atomic mass is 16.4. The molecule has 20 heavy (non-hydrogen) atoms. The van der Waals surface area contributed by atoms with E-state index in [-0.39, 0.29) is 18.8 Å². The monoisotopic (exact) mass is 282 g/mol. The summed E-state index contributed by atoms with van der Waals surface area (Å²) in [4.78, 5) is 48.1. The quantitative estimate of drug-likeness (QED) is 0.555. The van der Waals surface area contributed by atoms with Gasteiger partial charge in [0.1, 0.15) is 5.69 Å². The summed E-state index contributed by atoms with van der Waals surface area (Å²) in [5.74, 6) is -1.35. The Kier molecular flexibility index (Phi) is 3.29. The van der Waals surface area contributed by atoms with Crippen molar-refractivity contribution in [3.63, 3.8) is 0 Å². The van der Waals surface area contributed by atoms with Gasteiger partial charge in [-0.1, -0.05) is 0 Å². The van der Waals surface area contributed by atoms with Gasteiger partial charge in [0.15, 0.2) is 5.75 Å². The van der Waals surface area contributed by atoms with Gasteiger partial charge in [-0.2, -0.15) is 0 Å². The van der Waals surface area contributed by atoms with Crippen LogP contribution in [0.25, 0.3) is 0 Å². The minimum Gasteiger partial charge on any atom is -0.503 e. The first kappa shape index (κ1) is 13.4. The van der Waals surface area contributed by atoms with Crippen LogP contribution in [0.5, 0.6) is 5.75 Å². The summed E-state index contributed by atoms with van der Waals surface area (Å²) < 4.78 is 0. The number of rotatable bonds is 2. The molecule has 1 fully saturated rings. The highest BCUT2D eigenvalue weighted by Crippen LogP contribution is 2.07. The number of carbonyl (C=O) groups excluding carboxylic acids is 2. The summed E-state index contributed by atoms with van der Waals surface area (Å²) in [7, 11) is 0. The second-order valence-corrected chi connectivity index (χ2v) is 3.91. The Morgan fingerprint density at radius 3 is 2.55 bits per heavy atom. The molecule has 1 aromatic heterocycles. The van der Waals surface area contributed by atoms with Crippen LogP contribution in [0.1, 0.15) is 10.5 Å². The maximum absolute atomic E-state index is 11.8. The minimum atomic E-state index is -1.41. The van der Waals surface area contributed by atoms with E-state index in [9.17, 15) is 19.2 Å². The number of amides is 4. The maximum Gasteiger partial charge on any atom is 0.415 e. The highest BCUT2D eigenvalue weighted by Gasteiger charge is 2.34. The van der Waals surface area contributed by atoms with Gasteiger partial charge >= 0.3 is 12.1 Å². The molecule has 0 spiro atoms. The number of aromatic nitrogens is 1. The molecule has 10 heteroatoms. The number of aromatic amines is 1. The van der Waals surface area contributed by atoms with Crippen molar-refractivity contribution in [1.29, 1.82) is 0 Å². The number of pyridine rings is 1. The van der Waals surface area contributed by atoms with Crippen LogP contribution in [0.15, 0.2) is 17.1 Å². The molecule has 0 radical (unpaired) electrons. The number of H-pyrrole nitrogens is 1. The molecule has 4 N–H and O–H groups in total. The first-order chi connectivity index (χ1) is 9.40. The molecule has 1 aliphatic rings. The number of carbonyl (C=O) groups is 3. The van der Waals surface area contributed by atoms with Crippen LogP contribution in [0.2, 0.25) is 0 Å². The van der Waals surface area contributed by atoms with Crippen LogP contribution in [-0.4, -0.2) is 56.2 Å². The number of urea groups is 1. The molecule has 0 aromatic carbocycles. The van der Waals surface area contributed by atoms with Gasteiger partial charge in [-0.15, -0.1) is 0 Å². The molecule has 2 heterocycles. The average molecular weight is 282 g/mol. The SMILES string of the molecule is O=C(NN1CCN(C(=O)O)C1=O)c1cc(=O)c(O)c[nH]1. The molecule has 0 aliphatic carbocycles. The molecule has 10 nitrogen and oxygen atoms in total. The van der Waals surface area contributed by atoms with Crippen molar-refractivity contribution in [3.8, 4) is 5.75 Å². The fourth-order valence-electron chi connectivity index (χ4n) is 1.60. The van der Waals surface area contributed by atoms with Gasteiger partial charge in [-0.25, -0.2) is 19.5 Å². The summed E-state index contributed by atoms with van der Waals surface area (Å²) in [6.07, 6.45) is -0.475. The molecule has 1 aromatic rings. The van der Waals surface area contributed by atoms with Gasteiger partial charge in [-0.3, -0.25) is 15.0 Å². The fourth-order valence-corrected chi connectivity index (χ4v) is 1.60. The standard InChI is InChI=1S/C10H10N4O6/c15-6-3-5(11-4-7(6)16)8(17)12-14-2-1-13(9(14)18)10(19)20/h3-4,16H,1-2H2,(H,11,15)(H,12,17)(H,19,20).